The van der Waals surface area contributed by atoms with Crippen LogP contribution in [-0.4, -0.2) is 22.1 Å². The van der Waals surface area contributed by atoms with Crippen molar-refractivity contribution in [1.29, 1.82) is 0 Å². The van der Waals surface area contributed by atoms with Gasteiger partial charge in [0.1, 0.15) is 11.0 Å². The molecule has 1 heterocycles. The zero-order chi connectivity index (χ0) is 24.1. The monoisotopic (exact) mass is 473 g/mol. The summed E-state index contributed by atoms with van der Waals surface area (Å²) >= 11 is 1.27. The van der Waals surface area contributed by atoms with Crippen molar-refractivity contribution in [1.82, 2.24) is 9.55 Å². The van der Waals surface area contributed by atoms with Crippen molar-refractivity contribution in [3.8, 4) is 5.75 Å². The molecule has 174 valence electrons. The van der Waals surface area contributed by atoms with Gasteiger partial charge in [0.25, 0.3) is 5.56 Å². The van der Waals surface area contributed by atoms with Crippen LogP contribution < -0.4 is 15.6 Å². The zero-order valence-corrected chi connectivity index (χ0v) is 20.2. The summed E-state index contributed by atoms with van der Waals surface area (Å²) in [5.41, 5.74) is 1.91. The number of anilines is 1. The van der Waals surface area contributed by atoms with Gasteiger partial charge >= 0.3 is 0 Å². The molecule has 6 nitrogen and oxygen atoms in total. The lowest BCUT2D eigenvalue weighted by Crippen LogP contribution is -2.26. The number of hydrogen-bond donors (Lipinski definition) is 1. The summed E-state index contributed by atoms with van der Waals surface area (Å²) in [6, 6.07) is 24.0. The molecule has 1 atom stereocenters. The van der Waals surface area contributed by atoms with Crippen LogP contribution >= 0.6 is 11.8 Å². The van der Waals surface area contributed by atoms with E-state index in [9.17, 15) is 9.59 Å². The number of amides is 1. The number of ether oxygens (including phenoxy) is 1. The number of fused-ring (bicyclic) bond motifs is 1. The van der Waals surface area contributed by atoms with Crippen LogP contribution in [0.15, 0.2) is 88.8 Å². The molecule has 0 aliphatic carbocycles. The van der Waals surface area contributed by atoms with E-state index < -0.39 is 5.25 Å². The molecule has 34 heavy (non-hydrogen) atoms. The van der Waals surface area contributed by atoms with Gasteiger partial charge in [0.05, 0.1) is 23.2 Å². The lowest BCUT2D eigenvalue weighted by atomic mass is 10.1. The average molecular weight is 474 g/mol. The van der Waals surface area contributed by atoms with E-state index in [0.717, 1.165) is 5.56 Å². The predicted octanol–water partition coefficient (Wildman–Crippen LogP) is 5.85. The molecule has 3 aromatic carbocycles. The SMILES string of the molecule is CCOc1ccccc1NC(=O)C(Sc1nc2ccccc2c(=O)n1C(C)C)c1ccccc1. The quantitative estimate of drug-likeness (QED) is 0.257. The second kappa shape index (κ2) is 10.6. The predicted molar refractivity (Wildman–Crippen MR) is 138 cm³/mol. The number of carbonyl (C=O) groups is 1. The average Bonchev–Trinajstić information content (AvgIpc) is 2.84. The van der Waals surface area contributed by atoms with Crippen molar-refractivity contribution in [3.63, 3.8) is 0 Å². The van der Waals surface area contributed by atoms with Crippen molar-refractivity contribution in [2.75, 3.05) is 11.9 Å². The molecule has 0 aliphatic heterocycles. The van der Waals surface area contributed by atoms with Gasteiger partial charge in [-0.3, -0.25) is 14.2 Å². The van der Waals surface area contributed by atoms with E-state index in [1.165, 1.54) is 11.8 Å². The van der Waals surface area contributed by atoms with Crippen LogP contribution in [0.2, 0.25) is 0 Å². The van der Waals surface area contributed by atoms with Gasteiger partial charge in [-0.2, -0.15) is 0 Å². The van der Waals surface area contributed by atoms with Crippen molar-refractivity contribution in [3.05, 3.63) is 94.8 Å². The molecule has 0 spiro atoms. The van der Waals surface area contributed by atoms with Gasteiger partial charge in [-0.25, -0.2) is 4.98 Å². The van der Waals surface area contributed by atoms with E-state index in [1.54, 1.807) is 10.6 Å². The Hall–Kier alpha value is -3.58. The van der Waals surface area contributed by atoms with E-state index in [2.05, 4.69) is 5.32 Å². The highest BCUT2D eigenvalue weighted by atomic mass is 32.2. The van der Waals surface area contributed by atoms with Crippen LogP contribution in [0.25, 0.3) is 10.9 Å². The van der Waals surface area contributed by atoms with Gasteiger partial charge in [0.15, 0.2) is 5.16 Å². The van der Waals surface area contributed by atoms with Gasteiger partial charge in [-0.1, -0.05) is 66.4 Å². The molecule has 0 saturated carbocycles. The molecule has 0 fully saturated rings. The normalized spacial score (nSPS) is 12.0. The summed E-state index contributed by atoms with van der Waals surface area (Å²) in [5, 5.41) is 3.45. The van der Waals surface area contributed by atoms with Gasteiger partial charge in [0.2, 0.25) is 5.91 Å². The summed E-state index contributed by atoms with van der Waals surface area (Å²) < 4.78 is 7.33. The number of para-hydroxylation sites is 3. The van der Waals surface area contributed by atoms with Crippen LogP contribution in [-0.2, 0) is 4.79 Å². The number of hydrogen-bond acceptors (Lipinski definition) is 5. The van der Waals surface area contributed by atoms with Crippen LogP contribution in [0.3, 0.4) is 0 Å². The third kappa shape index (κ3) is 4.99. The second-order valence-electron chi connectivity index (χ2n) is 8.01. The number of aromatic nitrogens is 2. The topological polar surface area (TPSA) is 73.2 Å². The van der Waals surface area contributed by atoms with E-state index in [1.807, 2.05) is 93.6 Å². The molecular weight excluding hydrogens is 446 g/mol. The molecular formula is C27H27N3O3S. The van der Waals surface area contributed by atoms with Crippen LogP contribution in [0.1, 0.15) is 37.6 Å². The molecule has 0 aliphatic rings. The first kappa shape index (κ1) is 23.6. The minimum Gasteiger partial charge on any atom is -0.492 e. The molecule has 1 aromatic heterocycles. The number of benzene rings is 3. The van der Waals surface area contributed by atoms with E-state index >= 15 is 0 Å². The first-order valence-electron chi connectivity index (χ1n) is 11.2. The van der Waals surface area contributed by atoms with E-state index in [4.69, 9.17) is 9.72 Å². The molecule has 4 aromatic rings. The Bertz CT molecular complexity index is 1350. The number of thioether (sulfide) groups is 1. The maximum absolute atomic E-state index is 13.6. The van der Waals surface area contributed by atoms with Crippen molar-refractivity contribution < 1.29 is 9.53 Å². The van der Waals surface area contributed by atoms with Gasteiger partial charge < -0.3 is 10.1 Å². The minimum absolute atomic E-state index is 0.114. The summed E-state index contributed by atoms with van der Waals surface area (Å²) in [7, 11) is 0. The van der Waals surface area contributed by atoms with Crippen molar-refractivity contribution in [2.45, 2.75) is 37.2 Å². The van der Waals surface area contributed by atoms with E-state index in [-0.39, 0.29) is 17.5 Å². The molecule has 1 amide bonds. The number of nitrogens with zero attached hydrogens (tertiary/aromatic N) is 2. The van der Waals surface area contributed by atoms with Gasteiger partial charge in [-0.15, -0.1) is 0 Å². The van der Waals surface area contributed by atoms with Gasteiger partial charge in [-0.05, 0) is 50.6 Å². The maximum Gasteiger partial charge on any atom is 0.262 e. The fourth-order valence-corrected chi connectivity index (χ4v) is 4.95. The summed E-state index contributed by atoms with van der Waals surface area (Å²) in [4.78, 5) is 31.7. The van der Waals surface area contributed by atoms with Gasteiger partial charge in [0, 0.05) is 6.04 Å². The lowest BCUT2D eigenvalue weighted by Gasteiger charge is -2.21. The standard InChI is InChI=1S/C27H27N3O3S/c1-4-33-23-17-11-10-16-22(23)28-25(31)24(19-12-6-5-7-13-19)34-27-29-21-15-9-8-14-20(21)26(32)30(27)18(2)3/h5-18,24H,4H2,1-3H3,(H,28,31). The molecule has 1 unspecified atom stereocenters. The first-order valence-corrected chi connectivity index (χ1v) is 12.1. The smallest absolute Gasteiger partial charge is 0.262 e. The summed E-state index contributed by atoms with van der Waals surface area (Å²) in [6.45, 7) is 6.28. The van der Waals surface area contributed by atoms with E-state index in [0.29, 0.717) is 34.1 Å². The third-order valence-corrected chi connectivity index (χ3v) is 6.52. The number of rotatable bonds is 8. The fourth-order valence-electron chi connectivity index (χ4n) is 3.72. The van der Waals surface area contributed by atoms with Crippen LogP contribution in [0.5, 0.6) is 5.75 Å². The molecule has 7 heteroatoms. The second-order valence-corrected chi connectivity index (χ2v) is 9.08. The summed E-state index contributed by atoms with van der Waals surface area (Å²) in [5.74, 6) is 0.388. The van der Waals surface area contributed by atoms with Crippen molar-refractivity contribution in [2.24, 2.45) is 0 Å². The summed E-state index contributed by atoms with van der Waals surface area (Å²) in [6.07, 6.45) is 0. The fraction of sp³-hybridized carbons (Fsp3) is 0.222. The zero-order valence-electron chi connectivity index (χ0n) is 19.4. The lowest BCUT2D eigenvalue weighted by molar-refractivity contribution is -0.115. The van der Waals surface area contributed by atoms with Crippen molar-refractivity contribution >= 4 is 34.3 Å². The number of nitrogens with one attached hydrogen (secondary N) is 1. The highest BCUT2D eigenvalue weighted by Crippen LogP contribution is 2.37. The van der Waals surface area contributed by atoms with Crippen LogP contribution in [0, 0.1) is 0 Å². The molecule has 0 bridgehead atoms. The maximum atomic E-state index is 13.6. The Balaban J connectivity index is 1.77. The first-order chi connectivity index (χ1) is 16.5. The number of carbonyl (C=O) groups excluding carboxylic acids is 1. The largest absolute Gasteiger partial charge is 0.492 e. The Kier molecular flexibility index (Phi) is 7.33. The Morgan fingerprint density at radius 3 is 2.41 bits per heavy atom. The highest BCUT2D eigenvalue weighted by molar-refractivity contribution is 8.00. The highest BCUT2D eigenvalue weighted by Gasteiger charge is 2.26. The Morgan fingerprint density at radius 1 is 1.00 bits per heavy atom. The minimum atomic E-state index is -0.631. The Labute approximate surface area is 203 Å². The van der Waals surface area contributed by atoms with Crippen LogP contribution in [0.4, 0.5) is 5.69 Å². The molecule has 0 saturated heterocycles. The molecule has 1 N–H and O–H groups in total. The molecule has 0 radical (unpaired) electrons. The third-order valence-electron chi connectivity index (χ3n) is 5.30. The Morgan fingerprint density at radius 2 is 1.68 bits per heavy atom. The molecule has 4 rings (SSSR count).